The van der Waals surface area contributed by atoms with Crippen LogP contribution >= 0.6 is 7.80 Å². The maximum absolute atomic E-state index is 13.4. The number of ketones is 1. The average molecular weight is 337 g/mol. The summed E-state index contributed by atoms with van der Waals surface area (Å²) in [5.41, 5.74) is 0.437. The Kier molecular flexibility index (Phi) is 5.80. The van der Waals surface area contributed by atoms with Gasteiger partial charge in [-0.1, -0.05) is 24.5 Å². The fourth-order valence-electron chi connectivity index (χ4n) is 3.36. The molecule has 23 heavy (non-hydrogen) atoms. The molecule has 2 rings (SSSR count). The Labute approximate surface area is 139 Å². The van der Waals surface area contributed by atoms with Gasteiger partial charge in [-0.25, -0.2) is 0 Å². The van der Waals surface area contributed by atoms with Crippen LogP contribution in [0.15, 0.2) is 18.2 Å². The van der Waals surface area contributed by atoms with E-state index in [1.54, 1.807) is 32.4 Å². The van der Waals surface area contributed by atoms with Crippen molar-refractivity contribution >= 4 is 13.6 Å². The van der Waals surface area contributed by atoms with Crippen LogP contribution in [-0.4, -0.2) is 31.3 Å². The van der Waals surface area contributed by atoms with Crippen LogP contribution in [0, 0.1) is 5.92 Å². The molecule has 1 saturated carbocycles. The number of Topliss-reactive ketones (excluding diaryl/α,β-unsaturated/α-hetero) is 1. The summed E-state index contributed by atoms with van der Waals surface area (Å²) in [6.45, 7) is 4.09. The zero-order valence-corrected chi connectivity index (χ0v) is 15.3. The van der Waals surface area contributed by atoms with E-state index in [0.717, 1.165) is 12.8 Å². The minimum absolute atomic E-state index is 0.0777. The second-order valence-corrected chi connectivity index (χ2v) is 8.54. The lowest BCUT2D eigenvalue weighted by Crippen LogP contribution is -2.33. The SMILES string of the molecule is COc1cccc(OC)c1C(=O)C1([P+](=O)CC(C)C)CCCC1. The lowest BCUT2D eigenvalue weighted by Gasteiger charge is -2.20. The third-order valence-electron chi connectivity index (χ3n) is 4.52. The standard InChI is InChI=1S/C18H26O4P/c1-13(2)12-23(20)18(10-5-6-11-18)17(19)16-14(21-3)8-7-9-15(16)22-4/h7-9,13H,5-6,10-12H2,1-4H3/q+1. The predicted molar refractivity (Wildman–Crippen MR) is 92.4 cm³/mol. The van der Waals surface area contributed by atoms with Crippen LogP contribution in [-0.2, 0) is 4.57 Å². The molecule has 1 unspecified atom stereocenters. The molecule has 0 N–H and O–H groups in total. The molecule has 1 fully saturated rings. The van der Waals surface area contributed by atoms with E-state index in [1.807, 2.05) is 13.8 Å². The summed E-state index contributed by atoms with van der Waals surface area (Å²) < 4.78 is 23.8. The molecular weight excluding hydrogens is 311 g/mol. The third-order valence-corrected chi connectivity index (χ3v) is 7.18. The number of methoxy groups -OCH3 is 2. The molecule has 0 aliphatic heterocycles. The van der Waals surface area contributed by atoms with Gasteiger partial charge < -0.3 is 9.47 Å². The van der Waals surface area contributed by atoms with Gasteiger partial charge >= 0.3 is 7.80 Å². The molecule has 0 spiro atoms. The first kappa shape index (κ1) is 17.9. The van der Waals surface area contributed by atoms with Gasteiger partial charge in [-0.2, -0.15) is 0 Å². The number of benzene rings is 1. The van der Waals surface area contributed by atoms with Gasteiger partial charge in [0.2, 0.25) is 10.9 Å². The van der Waals surface area contributed by atoms with E-state index in [1.165, 1.54) is 0 Å². The Hall–Kier alpha value is -1.41. The molecule has 0 amide bonds. The molecule has 1 aromatic rings. The molecule has 5 heteroatoms. The summed E-state index contributed by atoms with van der Waals surface area (Å²) in [6.07, 6.45) is 3.85. The molecule has 1 aliphatic carbocycles. The van der Waals surface area contributed by atoms with Gasteiger partial charge in [0.05, 0.1) is 14.2 Å². The fourth-order valence-corrected chi connectivity index (χ4v) is 5.53. The molecule has 0 heterocycles. The van der Waals surface area contributed by atoms with Crippen molar-refractivity contribution < 1.29 is 18.8 Å². The van der Waals surface area contributed by atoms with E-state index in [2.05, 4.69) is 0 Å². The van der Waals surface area contributed by atoms with Gasteiger partial charge in [0.25, 0.3) is 0 Å². The van der Waals surface area contributed by atoms with Crippen molar-refractivity contribution in [2.45, 2.75) is 44.7 Å². The number of ether oxygens (including phenoxy) is 2. The number of carbonyl (C=O) groups is 1. The summed E-state index contributed by atoms with van der Waals surface area (Å²) in [6, 6.07) is 5.31. The predicted octanol–water partition coefficient (Wildman–Crippen LogP) is 4.68. The van der Waals surface area contributed by atoms with Crippen LogP contribution in [0.2, 0.25) is 0 Å². The molecule has 4 nitrogen and oxygen atoms in total. The van der Waals surface area contributed by atoms with Crippen LogP contribution in [0.3, 0.4) is 0 Å². The van der Waals surface area contributed by atoms with Crippen LogP contribution in [0.5, 0.6) is 11.5 Å². The van der Waals surface area contributed by atoms with Crippen molar-refractivity contribution in [1.29, 1.82) is 0 Å². The van der Waals surface area contributed by atoms with Gasteiger partial charge in [-0.15, -0.1) is 0 Å². The van der Waals surface area contributed by atoms with Gasteiger partial charge in [0.15, 0.2) is 0 Å². The highest BCUT2D eigenvalue weighted by Gasteiger charge is 2.57. The van der Waals surface area contributed by atoms with Crippen molar-refractivity contribution in [2.24, 2.45) is 5.92 Å². The summed E-state index contributed by atoms with van der Waals surface area (Å²) in [5.74, 6) is 1.22. The number of hydrogen-bond acceptors (Lipinski definition) is 4. The van der Waals surface area contributed by atoms with Crippen molar-refractivity contribution in [3.63, 3.8) is 0 Å². The number of hydrogen-bond donors (Lipinski definition) is 0. The van der Waals surface area contributed by atoms with Crippen molar-refractivity contribution in [3.8, 4) is 11.5 Å². The second kappa shape index (κ2) is 7.44. The Bertz CT molecular complexity index is 566. The minimum Gasteiger partial charge on any atom is -0.496 e. The zero-order chi connectivity index (χ0) is 17.0. The first-order valence-electron chi connectivity index (χ1n) is 8.17. The highest BCUT2D eigenvalue weighted by atomic mass is 31.1. The van der Waals surface area contributed by atoms with Gasteiger partial charge in [-0.05, 0) is 30.9 Å². The molecule has 0 bridgehead atoms. The van der Waals surface area contributed by atoms with E-state index in [-0.39, 0.29) is 5.78 Å². The third kappa shape index (κ3) is 3.42. The highest BCUT2D eigenvalue weighted by molar-refractivity contribution is 7.48. The lowest BCUT2D eigenvalue weighted by molar-refractivity contribution is 0.0934. The monoisotopic (exact) mass is 337 g/mol. The number of carbonyl (C=O) groups excluding carboxylic acids is 1. The van der Waals surface area contributed by atoms with Crippen LogP contribution in [0.25, 0.3) is 0 Å². The summed E-state index contributed by atoms with van der Waals surface area (Å²) >= 11 is 0. The summed E-state index contributed by atoms with van der Waals surface area (Å²) in [7, 11) is 1.47. The van der Waals surface area contributed by atoms with Crippen molar-refractivity contribution in [2.75, 3.05) is 20.4 Å². The lowest BCUT2D eigenvalue weighted by atomic mass is 9.93. The van der Waals surface area contributed by atoms with Gasteiger partial charge in [0, 0.05) is 12.8 Å². The average Bonchev–Trinajstić information content (AvgIpc) is 3.03. The normalized spacial score (nSPS) is 17.2. The molecular formula is C18H26O4P+. The Morgan fingerprint density at radius 3 is 2.13 bits per heavy atom. The summed E-state index contributed by atoms with van der Waals surface area (Å²) in [4.78, 5) is 13.4. The van der Waals surface area contributed by atoms with Crippen LogP contribution in [0.4, 0.5) is 0 Å². The highest BCUT2D eigenvalue weighted by Crippen LogP contribution is 2.54. The quantitative estimate of drug-likeness (QED) is 0.535. The molecule has 0 saturated heterocycles. The molecule has 1 atom stereocenters. The first-order chi connectivity index (χ1) is 11.0. The van der Waals surface area contributed by atoms with E-state index in [4.69, 9.17) is 9.47 Å². The summed E-state index contributed by atoms with van der Waals surface area (Å²) in [5, 5.41) is -0.762. The van der Waals surface area contributed by atoms with E-state index < -0.39 is 13.0 Å². The first-order valence-corrected chi connectivity index (χ1v) is 9.61. The maximum Gasteiger partial charge on any atom is 0.353 e. The second-order valence-electron chi connectivity index (χ2n) is 6.56. The smallest absolute Gasteiger partial charge is 0.353 e. The van der Waals surface area contributed by atoms with E-state index >= 15 is 0 Å². The molecule has 1 aromatic carbocycles. The number of rotatable bonds is 7. The van der Waals surface area contributed by atoms with Crippen LogP contribution in [0.1, 0.15) is 49.9 Å². The largest absolute Gasteiger partial charge is 0.496 e. The Morgan fingerprint density at radius 2 is 1.70 bits per heavy atom. The van der Waals surface area contributed by atoms with E-state index in [0.29, 0.717) is 42.0 Å². The maximum atomic E-state index is 13.4. The van der Waals surface area contributed by atoms with Crippen molar-refractivity contribution in [1.82, 2.24) is 0 Å². The molecule has 0 aromatic heterocycles. The molecule has 126 valence electrons. The zero-order valence-electron chi connectivity index (χ0n) is 14.4. The van der Waals surface area contributed by atoms with Crippen LogP contribution < -0.4 is 9.47 Å². The van der Waals surface area contributed by atoms with Gasteiger partial charge in [0.1, 0.15) is 23.2 Å². The molecule has 1 aliphatic rings. The van der Waals surface area contributed by atoms with Gasteiger partial charge in [-0.3, -0.25) is 4.79 Å². The minimum atomic E-state index is -1.61. The topological polar surface area (TPSA) is 52.6 Å². The van der Waals surface area contributed by atoms with E-state index in [9.17, 15) is 9.36 Å². The van der Waals surface area contributed by atoms with Crippen molar-refractivity contribution in [3.05, 3.63) is 23.8 Å². The molecule has 0 radical (unpaired) electrons. The Morgan fingerprint density at radius 1 is 1.17 bits per heavy atom. The Balaban J connectivity index is 2.49. The fraction of sp³-hybridized carbons (Fsp3) is 0.611.